The van der Waals surface area contributed by atoms with Crippen molar-refractivity contribution in [3.63, 3.8) is 0 Å². The van der Waals surface area contributed by atoms with Crippen LogP contribution in [0.5, 0.6) is 11.5 Å². The smallest absolute Gasteiger partial charge is 0.412 e. The van der Waals surface area contributed by atoms with Crippen molar-refractivity contribution in [2.45, 2.75) is 24.4 Å². The predicted molar refractivity (Wildman–Crippen MR) is 132 cm³/mol. The topological polar surface area (TPSA) is 139 Å². The number of fused-ring (bicyclic) bond motifs is 2. The summed E-state index contributed by atoms with van der Waals surface area (Å²) in [6.45, 7) is 0.685. The van der Waals surface area contributed by atoms with Gasteiger partial charge in [0, 0.05) is 11.8 Å². The van der Waals surface area contributed by atoms with Gasteiger partial charge in [-0.2, -0.15) is 0 Å². The molecule has 1 amide bonds. The number of benzene rings is 2. The molecule has 12 heteroatoms. The van der Waals surface area contributed by atoms with Gasteiger partial charge in [0.1, 0.15) is 12.2 Å². The second-order valence-corrected chi connectivity index (χ2v) is 8.79. The fraction of sp³-hybridized carbons (Fsp3) is 0.308. The minimum atomic E-state index is -0.727. The van der Waals surface area contributed by atoms with E-state index in [1.807, 2.05) is 24.3 Å². The number of esters is 1. The van der Waals surface area contributed by atoms with Crippen LogP contribution in [0.1, 0.15) is 10.4 Å². The van der Waals surface area contributed by atoms with Gasteiger partial charge in [-0.05, 0) is 36.4 Å². The maximum atomic E-state index is 12.6. The number of carbonyl (C=O) groups is 2. The molecule has 0 bridgehead atoms. The lowest BCUT2D eigenvalue weighted by Crippen LogP contribution is -2.38. The molecule has 0 saturated carbocycles. The Morgan fingerprint density at radius 2 is 1.84 bits per heavy atom. The van der Waals surface area contributed by atoms with Gasteiger partial charge < -0.3 is 33.7 Å². The molecule has 2 saturated heterocycles. The summed E-state index contributed by atoms with van der Waals surface area (Å²) in [5.74, 6) is 1.22. The number of nitrogens with one attached hydrogen (secondary N) is 2. The third-order valence-corrected chi connectivity index (χ3v) is 6.47. The Labute approximate surface area is 217 Å². The summed E-state index contributed by atoms with van der Waals surface area (Å²) in [4.78, 5) is 33.5. The SMILES string of the molecule is COC(=O)c1ccccc1NC(=O)O[C@@H]1CO[C@H]2[C@@H]1OC[C@@H]2Nc1nccc(-c2ccc3c(c2)OCO3)n1. The Morgan fingerprint density at radius 3 is 2.74 bits per heavy atom. The quantitative estimate of drug-likeness (QED) is 0.464. The number of para-hydroxylation sites is 1. The molecule has 3 aliphatic rings. The number of amides is 1. The molecule has 2 fully saturated rings. The molecular formula is C26H24N4O8. The first-order chi connectivity index (χ1) is 18.6. The van der Waals surface area contributed by atoms with Gasteiger partial charge in [-0.15, -0.1) is 0 Å². The van der Waals surface area contributed by atoms with Crippen molar-refractivity contribution in [3.05, 3.63) is 60.3 Å². The molecule has 12 nitrogen and oxygen atoms in total. The normalized spacial score (nSPS) is 23.0. The highest BCUT2D eigenvalue weighted by atomic mass is 16.7. The van der Waals surface area contributed by atoms with Gasteiger partial charge in [-0.1, -0.05) is 12.1 Å². The van der Waals surface area contributed by atoms with E-state index in [0.29, 0.717) is 29.7 Å². The largest absolute Gasteiger partial charge is 0.465 e. The van der Waals surface area contributed by atoms with E-state index in [2.05, 4.69) is 20.6 Å². The van der Waals surface area contributed by atoms with E-state index in [4.69, 9.17) is 28.4 Å². The molecule has 0 unspecified atom stereocenters. The number of aromatic nitrogens is 2. The number of hydrogen-bond donors (Lipinski definition) is 2. The van der Waals surface area contributed by atoms with Gasteiger partial charge in [0.2, 0.25) is 12.7 Å². The summed E-state index contributed by atoms with van der Waals surface area (Å²) in [5.41, 5.74) is 2.09. The van der Waals surface area contributed by atoms with Crippen LogP contribution in [0.2, 0.25) is 0 Å². The lowest BCUT2D eigenvalue weighted by atomic mass is 10.1. The molecule has 0 radical (unpaired) electrons. The Balaban J connectivity index is 1.08. The van der Waals surface area contributed by atoms with Crippen molar-refractivity contribution in [1.82, 2.24) is 9.97 Å². The Hall–Kier alpha value is -4.42. The van der Waals surface area contributed by atoms with E-state index in [1.54, 1.807) is 30.5 Å². The van der Waals surface area contributed by atoms with Crippen molar-refractivity contribution < 1.29 is 38.0 Å². The number of rotatable bonds is 6. The maximum Gasteiger partial charge on any atom is 0.412 e. The molecule has 0 spiro atoms. The zero-order chi connectivity index (χ0) is 26.1. The molecule has 196 valence electrons. The van der Waals surface area contributed by atoms with E-state index in [0.717, 1.165) is 5.56 Å². The van der Waals surface area contributed by atoms with Gasteiger partial charge >= 0.3 is 12.1 Å². The standard InChI is InChI=1S/C26H24N4O8/c1-33-24(31)15-4-2-3-5-17(15)30-26(32)38-21-12-35-22-18(11-34-23(21)22)29-25-27-9-8-16(28-25)14-6-7-19-20(10-14)37-13-36-19/h2-10,18,21-23H,11-13H2,1H3,(H,30,32)(H,27,28,29)/t18-,21+,22+,23+/m0/s1. The highest BCUT2D eigenvalue weighted by Gasteiger charge is 2.49. The van der Waals surface area contributed by atoms with Gasteiger partial charge in [-0.25, -0.2) is 19.6 Å². The predicted octanol–water partition coefficient (Wildman–Crippen LogP) is 2.85. The average Bonchev–Trinajstić information content (AvgIpc) is 3.67. The van der Waals surface area contributed by atoms with E-state index >= 15 is 0 Å². The number of ether oxygens (including phenoxy) is 6. The van der Waals surface area contributed by atoms with Crippen LogP contribution in [0.25, 0.3) is 11.3 Å². The lowest BCUT2D eigenvalue weighted by molar-refractivity contribution is 0.00916. The maximum absolute atomic E-state index is 12.6. The zero-order valence-corrected chi connectivity index (χ0v) is 20.3. The first-order valence-electron chi connectivity index (χ1n) is 12.0. The highest BCUT2D eigenvalue weighted by Crippen LogP contribution is 2.36. The van der Waals surface area contributed by atoms with Gasteiger partial charge in [-0.3, -0.25) is 5.32 Å². The molecule has 2 aromatic carbocycles. The van der Waals surface area contributed by atoms with Crippen LogP contribution in [-0.2, 0) is 18.9 Å². The summed E-state index contributed by atoms with van der Waals surface area (Å²) in [7, 11) is 1.27. The van der Waals surface area contributed by atoms with Crippen LogP contribution in [-0.4, -0.2) is 73.5 Å². The van der Waals surface area contributed by atoms with Crippen LogP contribution < -0.4 is 20.1 Å². The van der Waals surface area contributed by atoms with E-state index < -0.39 is 24.3 Å². The van der Waals surface area contributed by atoms with Crippen molar-refractivity contribution in [3.8, 4) is 22.8 Å². The summed E-state index contributed by atoms with van der Waals surface area (Å²) in [6.07, 6.45) is -0.520. The molecule has 0 aliphatic carbocycles. The minimum absolute atomic E-state index is 0.164. The Bertz CT molecular complexity index is 1370. The summed E-state index contributed by atoms with van der Waals surface area (Å²) in [6, 6.07) is 13.7. The number of carbonyl (C=O) groups excluding carboxylic acids is 2. The van der Waals surface area contributed by atoms with Crippen LogP contribution in [0.4, 0.5) is 16.4 Å². The average molecular weight is 520 g/mol. The molecule has 4 heterocycles. The zero-order valence-electron chi connectivity index (χ0n) is 20.3. The molecule has 3 aliphatic heterocycles. The second-order valence-electron chi connectivity index (χ2n) is 8.79. The lowest BCUT2D eigenvalue weighted by Gasteiger charge is -2.18. The molecule has 1 aromatic heterocycles. The molecule has 6 rings (SSSR count). The first kappa shape index (κ1) is 23.9. The van der Waals surface area contributed by atoms with Crippen molar-refractivity contribution in [2.75, 3.05) is 37.8 Å². The Morgan fingerprint density at radius 1 is 1.00 bits per heavy atom. The fourth-order valence-corrected chi connectivity index (χ4v) is 4.66. The first-order valence-corrected chi connectivity index (χ1v) is 12.0. The number of anilines is 2. The monoisotopic (exact) mass is 520 g/mol. The van der Waals surface area contributed by atoms with Crippen LogP contribution >= 0.6 is 0 Å². The number of methoxy groups -OCH3 is 1. The van der Waals surface area contributed by atoms with E-state index in [1.165, 1.54) is 7.11 Å². The van der Waals surface area contributed by atoms with Crippen molar-refractivity contribution in [2.24, 2.45) is 0 Å². The van der Waals surface area contributed by atoms with Crippen LogP contribution in [0, 0.1) is 0 Å². The van der Waals surface area contributed by atoms with Gasteiger partial charge in [0.25, 0.3) is 0 Å². The second kappa shape index (κ2) is 10.1. The molecule has 38 heavy (non-hydrogen) atoms. The summed E-state index contributed by atoms with van der Waals surface area (Å²) >= 11 is 0. The molecule has 3 aromatic rings. The van der Waals surface area contributed by atoms with Crippen molar-refractivity contribution >= 4 is 23.7 Å². The van der Waals surface area contributed by atoms with Crippen LogP contribution in [0.3, 0.4) is 0 Å². The molecule has 2 N–H and O–H groups in total. The number of nitrogens with zero attached hydrogens (tertiary/aromatic N) is 2. The molecular weight excluding hydrogens is 496 g/mol. The highest BCUT2D eigenvalue weighted by molar-refractivity contribution is 5.99. The summed E-state index contributed by atoms with van der Waals surface area (Å²) in [5, 5.41) is 5.87. The molecule has 4 atom stereocenters. The van der Waals surface area contributed by atoms with E-state index in [-0.39, 0.29) is 36.8 Å². The Kier molecular flexibility index (Phi) is 6.40. The van der Waals surface area contributed by atoms with Gasteiger partial charge in [0.15, 0.2) is 17.6 Å². The third kappa shape index (κ3) is 4.66. The van der Waals surface area contributed by atoms with E-state index in [9.17, 15) is 9.59 Å². The van der Waals surface area contributed by atoms with Crippen LogP contribution in [0.15, 0.2) is 54.7 Å². The van der Waals surface area contributed by atoms with Crippen molar-refractivity contribution in [1.29, 1.82) is 0 Å². The minimum Gasteiger partial charge on any atom is -0.465 e. The van der Waals surface area contributed by atoms with Gasteiger partial charge in [0.05, 0.1) is 43.3 Å². The fourth-order valence-electron chi connectivity index (χ4n) is 4.66. The third-order valence-electron chi connectivity index (χ3n) is 6.47. The number of hydrogen-bond acceptors (Lipinski definition) is 11. The summed E-state index contributed by atoms with van der Waals surface area (Å²) < 4.78 is 33.0.